The molecule has 1 unspecified atom stereocenters. The van der Waals surface area contributed by atoms with Crippen LogP contribution in [0.4, 0.5) is 0 Å². The van der Waals surface area contributed by atoms with Crippen LogP contribution in [0.25, 0.3) is 5.76 Å². The molecule has 20 heavy (non-hydrogen) atoms. The standard InChI is InChI=1S/C18H23NO/c1-3-4-14-19-17-13-9-8-12-16(17)18(20-2)15-10-6-5-7-11-15/h5-13,17,19H,3-4,14H2,1-2H3. The van der Waals surface area contributed by atoms with Crippen LogP contribution in [0.2, 0.25) is 0 Å². The van der Waals surface area contributed by atoms with Crippen LogP contribution >= 0.6 is 0 Å². The van der Waals surface area contributed by atoms with E-state index in [0.29, 0.717) is 0 Å². The first-order valence-electron chi connectivity index (χ1n) is 7.28. The summed E-state index contributed by atoms with van der Waals surface area (Å²) in [5, 5.41) is 3.58. The second-order valence-corrected chi connectivity index (χ2v) is 4.88. The summed E-state index contributed by atoms with van der Waals surface area (Å²) in [5.74, 6) is 0.945. The van der Waals surface area contributed by atoms with Gasteiger partial charge in [0.15, 0.2) is 0 Å². The van der Waals surface area contributed by atoms with E-state index in [9.17, 15) is 0 Å². The van der Waals surface area contributed by atoms with E-state index in [1.165, 1.54) is 18.4 Å². The third-order valence-corrected chi connectivity index (χ3v) is 3.42. The summed E-state index contributed by atoms with van der Waals surface area (Å²) in [6, 6.07) is 10.5. The SMILES string of the molecule is CCCCNC1C=CC=CC1=C(OC)c1ccccc1. The molecule has 2 nitrogen and oxygen atoms in total. The van der Waals surface area contributed by atoms with Crippen LogP contribution in [-0.4, -0.2) is 19.7 Å². The second-order valence-electron chi connectivity index (χ2n) is 4.88. The van der Waals surface area contributed by atoms with Gasteiger partial charge in [-0.05, 0) is 13.0 Å². The molecule has 2 heteroatoms. The minimum Gasteiger partial charge on any atom is -0.496 e. The number of allylic oxidation sites excluding steroid dienone is 2. The second kappa shape index (κ2) is 7.71. The maximum Gasteiger partial charge on any atom is 0.131 e. The van der Waals surface area contributed by atoms with Crippen molar-refractivity contribution in [2.45, 2.75) is 25.8 Å². The summed E-state index contributed by atoms with van der Waals surface area (Å²) in [5.41, 5.74) is 2.31. The summed E-state index contributed by atoms with van der Waals surface area (Å²) < 4.78 is 5.67. The van der Waals surface area contributed by atoms with Crippen LogP contribution in [0.3, 0.4) is 0 Å². The van der Waals surface area contributed by atoms with E-state index < -0.39 is 0 Å². The van der Waals surface area contributed by atoms with Crippen molar-refractivity contribution in [3.8, 4) is 0 Å². The minimum absolute atomic E-state index is 0.224. The molecule has 0 amide bonds. The van der Waals surface area contributed by atoms with Gasteiger partial charge in [-0.3, -0.25) is 0 Å². The van der Waals surface area contributed by atoms with Crippen molar-refractivity contribution in [2.24, 2.45) is 0 Å². The average Bonchev–Trinajstić information content (AvgIpc) is 2.51. The number of rotatable bonds is 6. The van der Waals surface area contributed by atoms with Gasteiger partial charge in [-0.2, -0.15) is 0 Å². The van der Waals surface area contributed by atoms with Crippen molar-refractivity contribution < 1.29 is 4.74 Å². The molecule has 1 aromatic carbocycles. The molecule has 106 valence electrons. The third kappa shape index (κ3) is 3.61. The highest BCUT2D eigenvalue weighted by Crippen LogP contribution is 2.25. The van der Waals surface area contributed by atoms with E-state index in [-0.39, 0.29) is 6.04 Å². The van der Waals surface area contributed by atoms with E-state index >= 15 is 0 Å². The summed E-state index contributed by atoms with van der Waals surface area (Å²) in [6.45, 7) is 3.23. The molecule has 1 aromatic rings. The molecule has 1 aliphatic carbocycles. The lowest BCUT2D eigenvalue weighted by atomic mass is 9.97. The van der Waals surface area contributed by atoms with Gasteiger partial charge in [-0.15, -0.1) is 0 Å². The van der Waals surface area contributed by atoms with Crippen molar-refractivity contribution in [1.82, 2.24) is 5.32 Å². The Labute approximate surface area is 121 Å². The Morgan fingerprint density at radius 2 is 2.00 bits per heavy atom. The topological polar surface area (TPSA) is 21.3 Å². The average molecular weight is 269 g/mol. The lowest BCUT2D eigenvalue weighted by molar-refractivity contribution is 0.365. The number of benzene rings is 1. The predicted octanol–water partition coefficient (Wildman–Crippen LogP) is 3.93. The first-order chi connectivity index (χ1) is 9.86. The highest BCUT2D eigenvalue weighted by Gasteiger charge is 2.17. The first kappa shape index (κ1) is 14.6. The van der Waals surface area contributed by atoms with Crippen molar-refractivity contribution in [3.05, 3.63) is 65.8 Å². The molecule has 0 heterocycles. The summed E-state index contributed by atoms with van der Waals surface area (Å²) in [6.07, 6.45) is 10.9. The van der Waals surface area contributed by atoms with E-state index in [1.807, 2.05) is 18.2 Å². The summed E-state index contributed by atoms with van der Waals surface area (Å²) in [4.78, 5) is 0. The lowest BCUT2D eigenvalue weighted by Gasteiger charge is -2.22. The molecule has 0 fully saturated rings. The zero-order valence-electron chi connectivity index (χ0n) is 12.3. The maximum absolute atomic E-state index is 5.67. The highest BCUT2D eigenvalue weighted by molar-refractivity contribution is 5.68. The van der Waals surface area contributed by atoms with Gasteiger partial charge in [0.2, 0.25) is 0 Å². The van der Waals surface area contributed by atoms with Gasteiger partial charge in [0.1, 0.15) is 5.76 Å². The first-order valence-corrected chi connectivity index (χ1v) is 7.28. The largest absolute Gasteiger partial charge is 0.496 e. The molecule has 0 aliphatic heterocycles. The number of hydrogen-bond donors (Lipinski definition) is 1. The third-order valence-electron chi connectivity index (χ3n) is 3.42. The Kier molecular flexibility index (Phi) is 5.63. The predicted molar refractivity (Wildman–Crippen MR) is 85.3 cm³/mol. The number of unbranched alkanes of at least 4 members (excludes halogenated alkanes) is 1. The van der Waals surface area contributed by atoms with Gasteiger partial charge in [-0.25, -0.2) is 0 Å². The molecule has 0 aromatic heterocycles. The molecule has 0 radical (unpaired) electrons. The smallest absolute Gasteiger partial charge is 0.131 e. The number of hydrogen-bond acceptors (Lipinski definition) is 2. The zero-order chi connectivity index (χ0) is 14.2. The quantitative estimate of drug-likeness (QED) is 0.624. The van der Waals surface area contributed by atoms with Crippen LogP contribution in [0.15, 0.2) is 60.2 Å². The maximum atomic E-state index is 5.67. The molecule has 0 saturated heterocycles. The minimum atomic E-state index is 0.224. The van der Waals surface area contributed by atoms with E-state index in [1.54, 1.807) is 7.11 Å². The molecule has 2 rings (SSSR count). The number of ether oxygens (including phenoxy) is 1. The van der Waals surface area contributed by atoms with Crippen molar-refractivity contribution in [2.75, 3.05) is 13.7 Å². The van der Waals surface area contributed by atoms with E-state index in [4.69, 9.17) is 4.74 Å². The Bertz CT molecular complexity index is 499. The Morgan fingerprint density at radius 1 is 1.20 bits per heavy atom. The highest BCUT2D eigenvalue weighted by atomic mass is 16.5. The number of nitrogens with one attached hydrogen (secondary N) is 1. The fourth-order valence-electron chi connectivity index (χ4n) is 2.36. The van der Waals surface area contributed by atoms with Crippen molar-refractivity contribution in [3.63, 3.8) is 0 Å². The van der Waals surface area contributed by atoms with Crippen LogP contribution < -0.4 is 5.32 Å². The molecular weight excluding hydrogens is 246 g/mol. The molecule has 0 spiro atoms. The van der Waals surface area contributed by atoms with Gasteiger partial charge >= 0.3 is 0 Å². The van der Waals surface area contributed by atoms with E-state index in [0.717, 1.165) is 17.9 Å². The molecular formula is C18H23NO. The van der Waals surface area contributed by atoms with Gasteiger partial charge in [0.25, 0.3) is 0 Å². The zero-order valence-corrected chi connectivity index (χ0v) is 12.3. The van der Waals surface area contributed by atoms with Crippen LogP contribution in [0.1, 0.15) is 25.3 Å². The molecule has 0 saturated carbocycles. The van der Waals surface area contributed by atoms with Crippen molar-refractivity contribution >= 4 is 5.76 Å². The molecule has 0 bridgehead atoms. The van der Waals surface area contributed by atoms with E-state index in [2.05, 4.69) is 48.7 Å². The Hall–Kier alpha value is -1.80. The fraction of sp³-hybridized carbons (Fsp3) is 0.333. The normalized spacial score (nSPS) is 20.0. The van der Waals surface area contributed by atoms with Gasteiger partial charge in [0.05, 0.1) is 13.2 Å². The monoisotopic (exact) mass is 269 g/mol. The number of methoxy groups -OCH3 is 1. The van der Waals surface area contributed by atoms with Gasteiger partial charge in [-0.1, -0.05) is 68.0 Å². The Balaban J connectivity index is 2.26. The van der Waals surface area contributed by atoms with Gasteiger partial charge < -0.3 is 10.1 Å². The molecule has 1 aliphatic rings. The molecule has 1 N–H and O–H groups in total. The summed E-state index contributed by atoms with van der Waals surface area (Å²) >= 11 is 0. The van der Waals surface area contributed by atoms with Gasteiger partial charge in [0, 0.05) is 11.1 Å². The fourth-order valence-corrected chi connectivity index (χ4v) is 2.36. The van der Waals surface area contributed by atoms with Crippen LogP contribution in [0.5, 0.6) is 0 Å². The van der Waals surface area contributed by atoms with Crippen molar-refractivity contribution in [1.29, 1.82) is 0 Å². The Morgan fingerprint density at radius 3 is 2.70 bits per heavy atom. The van der Waals surface area contributed by atoms with Crippen LogP contribution in [0, 0.1) is 0 Å². The molecule has 1 atom stereocenters. The lowest BCUT2D eigenvalue weighted by Crippen LogP contribution is -2.31. The van der Waals surface area contributed by atoms with Crippen LogP contribution in [-0.2, 0) is 4.74 Å². The summed E-state index contributed by atoms with van der Waals surface area (Å²) in [7, 11) is 1.74.